The van der Waals surface area contributed by atoms with E-state index in [2.05, 4.69) is 13.8 Å². The highest BCUT2D eigenvalue weighted by molar-refractivity contribution is 5.79. The summed E-state index contributed by atoms with van der Waals surface area (Å²) >= 11 is 0. The number of rotatable bonds is 7. The summed E-state index contributed by atoms with van der Waals surface area (Å²) in [4.78, 5) is 12.5. The van der Waals surface area contributed by atoms with Crippen LogP contribution in [-0.2, 0) is 10.4 Å². The normalized spacial score (nSPS) is 15.0. The number of ether oxygens (including phenoxy) is 1. The standard InChI is InChI=1S/C22H29NO2/c1-15(2)20(21(23)24)22(16(3)4,18-9-7-6-8-10-18)25-19-13-11-17(5)12-14-19/h6-16,20H,1-5H3,(H2,23,24). The minimum Gasteiger partial charge on any atom is -0.481 e. The van der Waals surface area contributed by atoms with Crippen LogP contribution < -0.4 is 10.5 Å². The molecule has 25 heavy (non-hydrogen) atoms. The Morgan fingerprint density at radius 2 is 1.52 bits per heavy atom. The molecule has 1 amide bonds. The Labute approximate surface area is 151 Å². The second-order valence-electron chi connectivity index (χ2n) is 7.35. The van der Waals surface area contributed by atoms with E-state index in [4.69, 9.17) is 10.5 Å². The van der Waals surface area contributed by atoms with Crippen LogP contribution in [0.2, 0.25) is 0 Å². The maximum absolute atomic E-state index is 12.5. The lowest BCUT2D eigenvalue weighted by Gasteiger charge is -2.45. The molecule has 2 unspecified atom stereocenters. The van der Waals surface area contributed by atoms with E-state index in [0.29, 0.717) is 0 Å². The highest BCUT2D eigenvalue weighted by Gasteiger charge is 2.50. The van der Waals surface area contributed by atoms with Crippen molar-refractivity contribution in [3.8, 4) is 5.75 Å². The minimum absolute atomic E-state index is 0.0468. The monoisotopic (exact) mass is 339 g/mol. The average molecular weight is 339 g/mol. The van der Waals surface area contributed by atoms with Crippen LogP contribution in [0.25, 0.3) is 0 Å². The summed E-state index contributed by atoms with van der Waals surface area (Å²) in [5, 5.41) is 0. The Morgan fingerprint density at radius 3 is 1.96 bits per heavy atom. The van der Waals surface area contributed by atoms with Gasteiger partial charge in [-0.3, -0.25) is 4.79 Å². The quantitative estimate of drug-likeness (QED) is 0.796. The molecule has 0 aromatic heterocycles. The molecule has 0 saturated carbocycles. The molecule has 3 nitrogen and oxygen atoms in total. The Bertz CT molecular complexity index is 692. The van der Waals surface area contributed by atoms with Crippen LogP contribution >= 0.6 is 0 Å². The first-order valence-electron chi connectivity index (χ1n) is 8.89. The minimum atomic E-state index is -0.823. The van der Waals surface area contributed by atoms with Gasteiger partial charge in [0.2, 0.25) is 5.91 Å². The van der Waals surface area contributed by atoms with Crippen LogP contribution in [0, 0.1) is 24.7 Å². The van der Waals surface area contributed by atoms with Crippen LogP contribution in [0.15, 0.2) is 54.6 Å². The second-order valence-corrected chi connectivity index (χ2v) is 7.35. The van der Waals surface area contributed by atoms with Gasteiger partial charge in [-0.2, -0.15) is 0 Å². The van der Waals surface area contributed by atoms with Crippen LogP contribution in [0.4, 0.5) is 0 Å². The number of hydrogen-bond donors (Lipinski definition) is 1. The number of amides is 1. The van der Waals surface area contributed by atoms with Gasteiger partial charge in [-0.1, -0.05) is 75.7 Å². The fourth-order valence-corrected chi connectivity index (χ4v) is 3.65. The molecule has 2 aromatic carbocycles. The molecule has 0 bridgehead atoms. The molecule has 0 fully saturated rings. The van der Waals surface area contributed by atoms with Crippen molar-refractivity contribution < 1.29 is 9.53 Å². The Morgan fingerprint density at radius 1 is 0.960 bits per heavy atom. The second kappa shape index (κ2) is 7.73. The summed E-state index contributed by atoms with van der Waals surface area (Å²) in [7, 11) is 0. The van der Waals surface area contributed by atoms with Crippen LogP contribution in [0.1, 0.15) is 38.8 Å². The highest BCUT2D eigenvalue weighted by atomic mass is 16.5. The number of hydrogen-bond acceptors (Lipinski definition) is 2. The molecule has 2 atom stereocenters. The molecule has 3 heteroatoms. The van der Waals surface area contributed by atoms with Gasteiger partial charge in [-0.05, 0) is 36.5 Å². The van der Waals surface area contributed by atoms with Crippen LogP contribution in [-0.4, -0.2) is 5.91 Å². The van der Waals surface area contributed by atoms with Gasteiger partial charge >= 0.3 is 0 Å². The predicted octanol–water partition coefficient (Wildman–Crippen LogP) is 4.68. The van der Waals surface area contributed by atoms with E-state index in [1.807, 2.05) is 75.4 Å². The van der Waals surface area contributed by atoms with E-state index < -0.39 is 11.5 Å². The number of carbonyl (C=O) groups excluding carboxylic acids is 1. The summed E-state index contributed by atoms with van der Waals surface area (Å²) in [6.07, 6.45) is 0. The first kappa shape index (κ1) is 19.0. The molecule has 2 aromatic rings. The molecule has 0 saturated heterocycles. The van der Waals surface area contributed by atoms with Crippen molar-refractivity contribution in [2.24, 2.45) is 23.5 Å². The average Bonchev–Trinajstić information content (AvgIpc) is 2.56. The van der Waals surface area contributed by atoms with Gasteiger partial charge in [0.05, 0.1) is 5.92 Å². The molecule has 0 spiro atoms. The smallest absolute Gasteiger partial charge is 0.225 e. The third-order valence-corrected chi connectivity index (χ3v) is 4.83. The van der Waals surface area contributed by atoms with Crippen LogP contribution in [0.5, 0.6) is 5.75 Å². The Kier molecular flexibility index (Phi) is 5.89. The van der Waals surface area contributed by atoms with Gasteiger partial charge in [0.25, 0.3) is 0 Å². The van der Waals surface area contributed by atoms with Crippen molar-refractivity contribution >= 4 is 5.91 Å². The van der Waals surface area contributed by atoms with E-state index in [1.54, 1.807) is 0 Å². The lowest BCUT2D eigenvalue weighted by Crippen LogP contribution is -2.53. The van der Waals surface area contributed by atoms with Crippen molar-refractivity contribution in [3.63, 3.8) is 0 Å². The summed E-state index contributed by atoms with van der Waals surface area (Å²) in [5.41, 5.74) is 7.17. The number of benzene rings is 2. The Balaban J connectivity index is 2.66. The first-order chi connectivity index (χ1) is 11.8. The van der Waals surface area contributed by atoms with E-state index in [0.717, 1.165) is 16.9 Å². The van der Waals surface area contributed by atoms with E-state index in [1.165, 1.54) is 0 Å². The number of nitrogens with two attached hydrogens (primary N) is 1. The largest absolute Gasteiger partial charge is 0.481 e. The fraction of sp³-hybridized carbons (Fsp3) is 0.409. The lowest BCUT2D eigenvalue weighted by molar-refractivity contribution is -0.137. The fourth-order valence-electron chi connectivity index (χ4n) is 3.65. The van der Waals surface area contributed by atoms with Crippen molar-refractivity contribution in [1.82, 2.24) is 0 Å². The predicted molar refractivity (Wildman–Crippen MR) is 102 cm³/mol. The number of aryl methyl sites for hydroxylation is 1. The van der Waals surface area contributed by atoms with Gasteiger partial charge < -0.3 is 10.5 Å². The molecule has 0 heterocycles. The number of primary amides is 1. The zero-order valence-electron chi connectivity index (χ0n) is 15.8. The topological polar surface area (TPSA) is 52.3 Å². The summed E-state index contributed by atoms with van der Waals surface area (Å²) in [5.74, 6) is 0.0626. The molecule has 0 aliphatic heterocycles. The summed E-state index contributed by atoms with van der Waals surface area (Å²) < 4.78 is 6.59. The van der Waals surface area contributed by atoms with E-state index >= 15 is 0 Å². The maximum Gasteiger partial charge on any atom is 0.225 e. The SMILES string of the molecule is Cc1ccc(OC(c2ccccc2)(C(C)C)C(C(N)=O)C(C)C)cc1. The molecular formula is C22H29NO2. The maximum atomic E-state index is 12.5. The van der Waals surface area contributed by atoms with Crippen molar-refractivity contribution in [2.75, 3.05) is 0 Å². The van der Waals surface area contributed by atoms with E-state index in [-0.39, 0.29) is 17.7 Å². The molecule has 2 N–H and O–H groups in total. The first-order valence-corrected chi connectivity index (χ1v) is 8.89. The Hall–Kier alpha value is -2.29. The molecule has 134 valence electrons. The van der Waals surface area contributed by atoms with Gasteiger partial charge in [-0.15, -0.1) is 0 Å². The lowest BCUT2D eigenvalue weighted by atomic mass is 9.68. The zero-order chi connectivity index (χ0) is 18.6. The van der Waals surface area contributed by atoms with Crippen molar-refractivity contribution in [3.05, 3.63) is 65.7 Å². The summed E-state index contributed by atoms with van der Waals surface area (Å²) in [6, 6.07) is 17.9. The highest BCUT2D eigenvalue weighted by Crippen LogP contribution is 2.44. The summed E-state index contributed by atoms with van der Waals surface area (Å²) in [6.45, 7) is 10.2. The van der Waals surface area contributed by atoms with Gasteiger partial charge in [0.15, 0.2) is 0 Å². The van der Waals surface area contributed by atoms with Gasteiger partial charge in [0, 0.05) is 0 Å². The number of carbonyl (C=O) groups is 1. The van der Waals surface area contributed by atoms with Crippen LogP contribution in [0.3, 0.4) is 0 Å². The van der Waals surface area contributed by atoms with Crippen molar-refractivity contribution in [1.29, 1.82) is 0 Å². The van der Waals surface area contributed by atoms with E-state index in [9.17, 15) is 4.79 Å². The van der Waals surface area contributed by atoms with Crippen molar-refractivity contribution in [2.45, 2.75) is 40.2 Å². The zero-order valence-corrected chi connectivity index (χ0v) is 15.8. The molecule has 0 radical (unpaired) electrons. The molecule has 2 rings (SSSR count). The van der Waals surface area contributed by atoms with Gasteiger partial charge in [-0.25, -0.2) is 0 Å². The molecule has 0 aliphatic carbocycles. The van der Waals surface area contributed by atoms with Gasteiger partial charge in [0.1, 0.15) is 11.4 Å². The third-order valence-electron chi connectivity index (χ3n) is 4.83. The third kappa shape index (κ3) is 3.87. The molecular weight excluding hydrogens is 310 g/mol. The molecule has 0 aliphatic rings.